The number of carboxylic acid groups (broad SMARTS) is 1. The Kier molecular flexibility index (Phi) is 6.45. The van der Waals surface area contributed by atoms with E-state index in [-0.39, 0.29) is 18.2 Å². The van der Waals surface area contributed by atoms with E-state index in [4.69, 9.17) is 5.11 Å². The highest BCUT2D eigenvalue weighted by atomic mass is 19.4. The monoisotopic (exact) mass is 304 g/mol. The number of anilines is 1. The van der Waals surface area contributed by atoms with Crippen molar-refractivity contribution in [1.29, 1.82) is 0 Å². The van der Waals surface area contributed by atoms with Crippen LogP contribution in [0.5, 0.6) is 0 Å². The summed E-state index contributed by atoms with van der Waals surface area (Å²) in [6.07, 6.45) is -2.23. The van der Waals surface area contributed by atoms with Gasteiger partial charge in [0.1, 0.15) is 11.5 Å². The molecular weight excluding hydrogens is 285 g/mol. The minimum Gasteiger partial charge on any atom is -0.481 e. The van der Waals surface area contributed by atoms with Crippen molar-refractivity contribution in [3.8, 4) is 0 Å². The number of carboxylic acids is 1. The fourth-order valence-electron chi connectivity index (χ4n) is 1.98. The molecule has 1 heterocycles. The van der Waals surface area contributed by atoms with E-state index in [1.165, 1.54) is 12.1 Å². The van der Waals surface area contributed by atoms with Crippen LogP contribution in [-0.4, -0.2) is 22.6 Å². The van der Waals surface area contributed by atoms with E-state index in [1.807, 2.05) is 6.92 Å². The van der Waals surface area contributed by atoms with Gasteiger partial charge in [-0.1, -0.05) is 19.4 Å². The third kappa shape index (κ3) is 6.46. The average Bonchev–Trinajstić information content (AvgIpc) is 2.41. The highest BCUT2D eigenvalue weighted by Crippen LogP contribution is 2.28. The molecule has 1 aromatic heterocycles. The van der Waals surface area contributed by atoms with Gasteiger partial charge in [-0.05, 0) is 30.9 Å². The molecule has 1 unspecified atom stereocenters. The molecule has 0 saturated carbocycles. The van der Waals surface area contributed by atoms with E-state index in [9.17, 15) is 18.0 Å². The number of hydrogen-bond acceptors (Lipinski definition) is 3. The van der Waals surface area contributed by atoms with Crippen molar-refractivity contribution in [2.75, 3.05) is 11.9 Å². The van der Waals surface area contributed by atoms with Gasteiger partial charge < -0.3 is 10.4 Å². The number of pyridine rings is 1. The maximum atomic E-state index is 12.5. The molecule has 0 bridgehead atoms. The van der Waals surface area contributed by atoms with Crippen LogP contribution in [0.4, 0.5) is 19.0 Å². The second kappa shape index (κ2) is 7.85. The lowest BCUT2D eigenvalue weighted by atomic mass is 9.97. The Bertz CT molecular complexity index is 464. The second-order valence-corrected chi connectivity index (χ2v) is 4.83. The van der Waals surface area contributed by atoms with Crippen LogP contribution in [0.15, 0.2) is 18.2 Å². The summed E-state index contributed by atoms with van der Waals surface area (Å²) in [5.74, 6) is -0.418. The molecule has 21 heavy (non-hydrogen) atoms. The molecule has 2 N–H and O–H groups in total. The van der Waals surface area contributed by atoms with Gasteiger partial charge in [0.05, 0.1) is 0 Å². The number of carbonyl (C=O) groups is 1. The van der Waals surface area contributed by atoms with Crippen LogP contribution in [0.1, 0.15) is 38.3 Å². The first-order chi connectivity index (χ1) is 9.82. The third-order valence-corrected chi connectivity index (χ3v) is 3.24. The molecule has 0 aromatic carbocycles. The lowest BCUT2D eigenvalue weighted by Crippen LogP contribution is -2.13. The SMILES string of the molecule is CCC(CCNc1cccc(C(F)(F)F)n1)CCC(=O)O. The standard InChI is InChI=1S/C14H19F3N2O2/c1-2-10(6-7-13(20)21)8-9-18-12-5-3-4-11(19-12)14(15,16)17/h3-5,10H,2,6-9H2,1H3,(H,18,19)(H,20,21). The van der Waals surface area contributed by atoms with E-state index in [1.54, 1.807) is 0 Å². The first-order valence-electron chi connectivity index (χ1n) is 6.82. The molecule has 1 aromatic rings. The fraction of sp³-hybridized carbons (Fsp3) is 0.571. The molecule has 0 aliphatic rings. The number of hydrogen-bond donors (Lipinski definition) is 2. The Morgan fingerprint density at radius 1 is 1.38 bits per heavy atom. The largest absolute Gasteiger partial charge is 0.481 e. The van der Waals surface area contributed by atoms with Gasteiger partial charge in [-0.15, -0.1) is 0 Å². The van der Waals surface area contributed by atoms with Gasteiger partial charge in [0, 0.05) is 13.0 Å². The maximum absolute atomic E-state index is 12.5. The van der Waals surface area contributed by atoms with Crippen LogP contribution in [0, 0.1) is 5.92 Å². The van der Waals surface area contributed by atoms with E-state index >= 15 is 0 Å². The van der Waals surface area contributed by atoms with E-state index in [0.717, 1.165) is 12.5 Å². The number of rotatable bonds is 8. The summed E-state index contributed by atoms with van der Waals surface area (Å²) in [6.45, 7) is 2.43. The molecule has 0 radical (unpaired) electrons. The zero-order valence-electron chi connectivity index (χ0n) is 11.8. The summed E-state index contributed by atoms with van der Waals surface area (Å²) in [7, 11) is 0. The van der Waals surface area contributed by atoms with Gasteiger partial charge in [0.15, 0.2) is 0 Å². The smallest absolute Gasteiger partial charge is 0.433 e. The van der Waals surface area contributed by atoms with Crippen molar-refractivity contribution in [3.05, 3.63) is 23.9 Å². The summed E-state index contributed by atoms with van der Waals surface area (Å²) in [6, 6.07) is 3.71. The first-order valence-corrected chi connectivity index (χ1v) is 6.82. The van der Waals surface area contributed by atoms with Crippen molar-refractivity contribution < 1.29 is 23.1 Å². The summed E-state index contributed by atoms with van der Waals surface area (Å²) < 4.78 is 37.5. The molecule has 4 nitrogen and oxygen atoms in total. The van der Waals surface area contributed by atoms with Crippen molar-refractivity contribution in [3.63, 3.8) is 0 Å². The predicted octanol–water partition coefficient (Wildman–Crippen LogP) is 3.79. The Morgan fingerprint density at radius 3 is 2.67 bits per heavy atom. The molecule has 0 saturated heterocycles. The van der Waals surface area contributed by atoms with Crippen LogP contribution in [0.3, 0.4) is 0 Å². The molecule has 0 fully saturated rings. The molecule has 0 aliphatic carbocycles. The second-order valence-electron chi connectivity index (χ2n) is 4.83. The van der Waals surface area contributed by atoms with Crippen molar-refractivity contribution in [2.24, 2.45) is 5.92 Å². The molecule has 0 amide bonds. The topological polar surface area (TPSA) is 62.2 Å². The zero-order valence-corrected chi connectivity index (χ0v) is 11.8. The van der Waals surface area contributed by atoms with Gasteiger partial charge in [-0.25, -0.2) is 4.98 Å². The third-order valence-electron chi connectivity index (χ3n) is 3.24. The van der Waals surface area contributed by atoms with E-state index in [2.05, 4.69) is 10.3 Å². The highest BCUT2D eigenvalue weighted by molar-refractivity contribution is 5.66. The highest BCUT2D eigenvalue weighted by Gasteiger charge is 2.32. The molecule has 1 rings (SSSR count). The predicted molar refractivity (Wildman–Crippen MR) is 73.0 cm³/mol. The van der Waals surface area contributed by atoms with E-state index < -0.39 is 17.8 Å². The summed E-state index contributed by atoms with van der Waals surface area (Å²) >= 11 is 0. The Balaban J connectivity index is 2.46. The number of nitrogens with zero attached hydrogens (tertiary/aromatic N) is 1. The summed E-state index contributed by atoms with van der Waals surface area (Å²) in [4.78, 5) is 14.0. The number of halogens is 3. The Hall–Kier alpha value is -1.79. The van der Waals surface area contributed by atoms with Crippen LogP contribution in [0.25, 0.3) is 0 Å². The molecule has 1 atom stereocenters. The van der Waals surface area contributed by atoms with Crippen molar-refractivity contribution in [2.45, 2.75) is 38.8 Å². The van der Waals surface area contributed by atoms with Crippen molar-refractivity contribution in [1.82, 2.24) is 4.98 Å². The minimum absolute atomic E-state index is 0.111. The molecule has 7 heteroatoms. The zero-order chi connectivity index (χ0) is 15.9. The number of alkyl halides is 3. The number of aromatic nitrogens is 1. The lowest BCUT2D eigenvalue weighted by Gasteiger charge is -2.15. The van der Waals surface area contributed by atoms with Gasteiger partial charge in [0.25, 0.3) is 0 Å². The minimum atomic E-state index is -4.45. The molecule has 118 valence electrons. The van der Waals surface area contributed by atoms with Gasteiger partial charge in [-0.2, -0.15) is 13.2 Å². The Morgan fingerprint density at radius 2 is 2.10 bits per heavy atom. The average molecular weight is 304 g/mol. The van der Waals surface area contributed by atoms with Crippen molar-refractivity contribution >= 4 is 11.8 Å². The quantitative estimate of drug-likeness (QED) is 0.767. The normalized spacial score (nSPS) is 13.0. The van der Waals surface area contributed by atoms with Crippen LogP contribution in [-0.2, 0) is 11.0 Å². The van der Waals surface area contributed by atoms with Crippen LogP contribution >= 0.6 is 0 Å². The van der Waals surface area contributed by atoms with Gasteiger partial charge >= 0.3 is 12.1 Å². The molecule has 0 aliphatic heterocycles. The number of aliphatic carboxylic acids is 1. The molecule has 0 spiro atoms. The summed E-state index contributed by atoms with van der Waals surface area (Å²) in [5.41, 5.74) is -0.926. The van der Waals surface area contributed by atoms with Gasteiger partial charge in [-0.3, -0.25) is 4.79 Å². The first kappa shape index (κ1) is 17.3. The Labute approximate surface area is 121 Å². The lowest BCUT2D eigenvalue weighted by molar-refractivity contribution is -0.141. The van der Waals surface area contributed by atoms with Crippen LogP contribution in [0.2, 0.25) is 0 Å². The summed E-state index contributed by atoms with van der Waals surface area (Å²) in [5, 5.41) is 11.5. The maximum Gasteiger partial charge on any atom is 0.433 e. The van der Waals surface area contributed by atoms with Crippen LogP contribution < -0.4 is 5.32 Å². The van der Waals surface area contributed by atoms with Gasteiger partial charge in [0.2, 0.25) is 0 Å². The number of nitrogens with one attached hydrogen (secondary N) is 1. The van der Waals surface area contributed by atoms with E-state index in [0.29, 0.717) is 19.4 Å². The fourth-order valence-corrected chi connectivity index (χ4v) is 1.98. The molecular formula is C14H19F3N2O2.